The number of aromatic nitrogens is 3. The van der Waals surface area contributed by atoms with E-state index in [9.17, 15) is 4.79 Å². The van der Waals surface area contributed by atoms with Crippen molar-refractivity contribution < 1.29 is 4.79 Å². The molecule has 3 N–H and O–H groups in total. The number of rotatable bonds is 8. The molecule has 0 radical (unpaired) electrons. The lowest BCUT2D eigenvalue weighted by Crippen LogP contribution is -2.46. The molecule has 9 heteroatoms. The summed E-state index contributed by atoms with van der Waals surface area (Å²) in [5.74, 6) is -0.157. The molecule has 0 saturated carbocycles. The van der Waals surface area contributed by atoms with Crippen molar-refractivity contribution in [3.05, 3.63) is 100 Å². The van der Waals surface area contributed by atoms with Gasteiger partial charge in [0.1, 0.15) is 5.69 Å². The number of nitrogens with one attached hydrogen (secondary N) is 3. The Morgan fingerprint density at radius 2 is 1.70 bits per heavy atom. The van der Waals surface area contributed by atoms with Gasteiger partial charge >= 0.3 is 0 Å². The number of piperazine rings is 1. The number of halogens is 2. The van der Waals surface area contributed by atoms with Gasteiger partial charge in [-0.1, -0.05) is 71.7 Å². The predicted molar refractivity (Wildman–Crippen MR) is 162 cm³/mol. The summed E-state index contributed by atoms with van der Waals surface area (Å²) in [5, 5.41) is 8.71. The van der Waals surface area contributed by atoms with Crippen LogP contribution in [0.25, 0.3) is 33.4 Å². The SMILES string of the molecule is O=C(NCCN1CCNCC1)c1[nH]c2cc(Cl)ccc2c1-c1c(-c2ccccc2)ncn1Cc1ccc(Cl)cc1. The first-order chi connectivity index (χ1) is 19.6. The molecule has 1 saturated heterocycles. The van der Waals surface area contributed by atoms with Crippen LogP contribution in [-0.4, -0.2) is 64.6 Å². The topological polar surface area (TPSA) is 78.0 Å². The Labute approximate surface area is 243 Å². The number of hydrogen-bond acceptors (Lipinski definition) is 4. The van der Waals surface area contributed by atoms with E-state index in [1.807, 2.05) is 79.1 Å². The van der Waals surface area contributed by atoms with Crippen LogP contribution < -0.4 is 10.6 Å². The molecule has 1 aliphatic heterocycles. The highest BCUT2D eigenvalue weighted by atomic mass is 35.5. The minimum absolute atomic E-state index is 0.157. The maximum atomic E-state index is 13.8. The van der Waals surface area contributed by atoms with Crippen LogP contribution in [0.4, 0.5) is 0 Å². The van der Waals surface area contributed by atoms with E-state index in [0.717, 1.165) is 71.7 Å². The molecule has 0 unspecified atom stereocenters. The maximum Gasteiger partial charge on any atom is 0.268 e. The highest BCUT2D eigenvalue weighted by Crippen LogP contribution is 2.39. The molecule has 5 aromatic rings. The van der Waals surface area contributed by atoms with Crippen LogP contribution in [0.2, 0.25) is 10.0 Å². The predicted octanol–water partition coefficient (Wildman–Crippen LogP) is 5.69. The van der Waals surface area contributed by atoms with Gasteiger partial charge in [-0.05, 0) is 29.8 Å². The van der Waals surface area contributed by atoms with E-state index in [-0.39, 0.29) is 5.91 Å². The van der Waals surface area contributed by atoms with Crippen molar-refractivity contribution in [3.63, 3.8) is 0 Å². The standard InChI is InChI=1S/C31H30Cl2N6O/c32-23-8-6-21(7-9-23)19-39-20-36-28(22-4-2-1-3-5-22)30(39)27-25-11-10-24(33)18-26(25)37-29(27)31(40)35-14-17-38-15-12-34-13-16-38/h1-11,18,20,34,37H,12-17,19H2,(H,35,40). The molecule has 7 nitrogen and oxygen atoms in total. The van der Waals surface area contributed by atoms with Gasteiger partial charge in [-0.25, -0.2) is 4.98 Å². The van der Waals surface area contributed by atoms with Gasteiger partial charge in [-0.15, -0.1) is 0 Å². The van der Waals surface area contributed by atoms with E-state index in [1.54, 1.807) is 0 Å². The summed E-state index contributed by atoms with van der Waals surface area (Å²) in [4.78, 5) is 24.4. The number of hydrogen-bond donors (Lipinski definition) is 3. The van der Waals surface area contributed by atoms with Gasteiger partial charge in [0.25, 0.3) is 5.91 Å². The Bertz CT molecular complexity index is 1620. The summed E-state index contributed by atoms with van der Waals surface area (Å²) < 4.78 is 2.10. The molecule has 3 aromatic carbocycles. The second-order valence-electron chi connectivity index (χ2n) is 9.97. The Hall–Kier alpha value is -3.62. The third kappa shape index (κ3) is 5.64. The van der Waals surface area contributed by atoms with Crippen molar-refractivity contribution in [2.45, 2.75) is 6.54 Å². The van der Waals surface area contributed by atoms with Crippen LogP contribution >= 0.6 is 23.2 Å². The summed E-state index contributed by atoms with van der Waals surface area (Å²) in [6, 6.07) is 23.5. The first kappa shape index (κ1) is 26.6. The number of carbonyl (C=O) groups is 1. The zero-order chi connectivity index (χ0) is 27.5. The maximum absolute atomic E-state index is 13.8. The molecule has 0 spiro atoms. The second-order valence-corrected chi connectivity index (χ2v) is 10.8. The molecular weight excluding hydrogens is 543 g/mol. The molecule has 1 amide bonds. The van der Waals surface area contributed by atoms with E-state index in [4.69, 9.17) is 28.2 Å². The molecule has 3 heterocycles. The number of fused-ring (bicyclic) bond motifs is 1. The average Bonchev–Trinajstić information content (AvgIpc) is 3.55. The fourth-order valence-electron chi connectivity index (χ4n) is 5.29. The zero-order valence-corrected chi connectivity index (χ0v) is 23.5. The summed E-state index contributed by atoms with van der Waals surface area (Å²) in [6.45, 7) is 5.84. The van der Waals surface area contributed by atoms with Gasteiger partial charge in [0, 0.05) is 77.9 Å². The molecule has 2 aromatic heterocycles. The number of carbonyl (C=O) groups excluding carboxylic acids is 1. The molecule has 40 heavy (non-hydrogen) atoms. The van der Waals surface area contributed by atoms with Crippen LogP contribution in [0, 0.1) is 0 Å². The third-order valence-corrected chi connectivity index (χ3v) is 7.79. The summed E-state index contributed by atoms with van der Waals surface area (Å²) in [7, 11) is 0. The minimum atomic E-state index is -0.157. The second kappa shape index (κ2) is 11.9. The van der Waals surface area contributed by atoms with Gasteiger partial charge in [-0.2, -0.15) is 0 Å². The Morgan fingerprint density at radius 3 is 2.48 bits per heavy atom. The number of benzene rings is 3. The van der Waals surface area contributed by atoms with E-state index < -0.39 is 0 Å². The number of amides is 1. The number of aromatic amines is 1. The first-order valence-corrected chi connectivity index (χ1v) is 14.2. The monoisotopic (exact) mass is 572 g/mol. The fourth-order valence-corrected chi connectivity index (χ4v) is 5.59. The molecule has 0 aliphatic carbocycles. The lowest BCUT2D eigenvalue weighted by atomic mass is 10.0. The lowest BCUT2D eigenvalue weighted by molar-refractivity contribution is 0.0943. The molecular formula is C31H30Cl2N6O. The van der Waals surface area contributed by atoms with Gasteiger partial charge < -0.3 is 20.2 Å². The van der Waals surface area contributed by atoms with E-state index in [0.29, 0.717) is 28.8 Å². The van der Waals surface area contributed by atoms with Crippen molar-refractivity contribution in [2.75, 3.05) is 39.3 Å². The lowest BCUT2D eigenvalue weighted by Gasteiger charge is -2.27. The quantitative estimate of drug-likeness (QED) is 0.223. The van der Waals surface area contributed by atoms with E-state index in [1.165, 1.54) is 0 Å². The minimum Gasteiger partial charge on any atom is -0.350 e. The van der Waals surface area contributed by atoms with Crippen molar-refractivity contribution in [1.29, 1.82) is 0 Å². The van der Waals surface area contributed by atoms with Crippen LogP contribution in [0.1, 0.15) is 16.1 Å². The van der Waals surface area contributed by atoms with Crippen molar-refractivity contribution in [2.24, 2.45) is 0 Å². The molecule has 0 atom stereocenters. The van der Waals surface area contributed by atoms with Gasteiger partial charge in [0.15, 0.2) is 0 Å². The van der Waals surface area contributed by atoms with Gasteiger partial charge in [0.05, 0.1) is 17.7 Å². The number of H-pyrrole nitrogens is 1. The van der Waals surface area contributed by atoms with Crippen molar-refractivity contribution in [3.8, 4) is 22.5 Å². The van der Waals surface area contributed by atoms with Crippen molar-refractivity contribution in [1.82, 2.24) is 30.1 Å². The summed E-state index contributed by atoms with van der Waals surface area (Å²) >= 11 is 12.5. The summed E-state index contributed by atoms with van der Waals surface area (Å²) in [5.41, 5.74) is 5.81. The molecule has 1 aliphatic rings. The van der Waals surface area contributed by atoms with Crippen LogP contribution in [-0.2, 0) is 6.54 Å². The molecule has 0 bridgehead atoms. The Kier molecular flexibility index (Phi) is 7.89. The smallest absolute Gasteiger partial charge is 0.268 e. The molecule has 1 fully saturated rings. The van der Waals surface area contributed by atoms with Gasteiger partial charge in [0.2, 0.25) is 0 Å². The number of nitrogens with zero attached hydrogens (tertiary/aromatic N) is 3. The normalized spacial score (nSPS) is 14.1. The van der Waals surface area contributed by atoms with Crippen LogP contribution in [0.3, 0.4) is 0 Å². The largest absolute Gasteiger partial charge is 0.350 e. The van der Waals surface area contributed by atoms with Crippen LogP contribution in [0.15, 0.2) is 79.1 Å². The van der Waals surface area contributed by atoms with Gasteiger partial charge in [-0.3, -0.25) is 9.69 Å². The molecule has 6 rings (SSSR count). The number of imidazole rings is 1. The highest BCUT2D eigenvalue weighted by Gasteiger charge is 2.26. The van der Waals surface area contributed by atoms with E-state index >= 15 is 0 Å². The third-order valence-electron chi connectivity index (χ3n) is 7.30. The van der Waals surface area contributed by atoms with Crippen molar-refractivity contribution >= 4 is 40.0 Å². The van der Waals surface area contributed by atoms with Crippen LogP contribution in [0.5, 0.6) is 0 Å². The average molecular weight is 574 g/mol. The van der Waals surface area contributed by atoms with E-state index in [2.05, 4.69) is 25.1 Å². The fraction of sp³-hybridized carbons (Fsp3) is 0.226. The molecule has 204 valence electrons. The summed E-state index contributed by atoms with van der Waals surface area (Å²) in [6.07, 6.45) is 1.84. The zero-order valence-electron chi connectivity index (χ0n) is 22.0. The first-order valence-electron chi connectivity index (χ1n) is 13.4. The Morgan fingerprint density at radius 1 is 0.950 bits per heavy atom. The highest BCUT2D eigenvalue weighted by molar-refractivity contribution is 6.31. The Balaban J connectivity index is 1.44.